The van der Waals surface area contributed by atoms with Crippen LogP contribution in [0.3, 0.4) is 0 Å². The zero-order valence-corrected chi connectivity index (χ0v) is 14.3. The lowest BCUT2D eigenvalue weighted by atomic mass is 10.1. The normalized spacial score (nSPS) is 17.7. The molecule has 2 heterocycles. The maximum Gasteiger partial charge on any atom is 0.261 e. The number of piperidine rings is 1. The standard InChI is InChI=1S/C18H22N2O2S/c1-12-16(13-5-7-15(22-2)8-6-13)10-17(23-12)18(21)20-14-4-3-9-19-11-14/h5-8,10,14,19H,3-4,9,11H2,1-2H3,(H,20,21). The Balaban J connectivity index is 1.75. The van der Waals surface area contributed by atoms with Crippen LogP contribution in [-0.2, 0) is 0 Å². The number of aryl methyl sites for hydroxylation is 1. The number of thiophene rings is 1. The second-order valence-electron chi connectivity index (χ2n) is 5.83. The first kappa shape index (κ1) is 16.0. The number of methoxy groups -OCH3 is 1. The van der Waals surface area contributed by atoms with Crippen molar-refractivity contribution in [3.8, 4) is 16.9 Å². The van der Waals surface area contributed by atoms with Gasteiger partial charge in [0.1, 0.15) is 5.75 Å². The highest BCUT2D eigenvalue weighted by Gasteiger charge is 2.19. The van der Waals surface area contributed by atoms with Gasteiger partial charge in [-0.15, -0.1) is 11.3 Å². The van der Waals surface area contributed by atoms with E-state index in [1.807, 2.05) is 30.3 Å². The quantitative estimate of drug-likeness (QED) is 0.905. The summed E-state index contributed by atoms with van der Waals surface area (Å²) in [5.74, 6) is 0.871. The van der Waals surface area contributed by atoms with Crippen molar-refractivity contribution in [3.05, 3.63) is 40.1 Å². The van der Waals surface area contributed by atoms with Crippen molar-refractivity contribution in [2.45, 2.75) is 25.8 Å². The van der Waals surface area contributed by atoms with Crippen molar-refractivity contribution in [2.75, 3.05) is 20.2 Å². The molecule has 2 aromatic rings. The van der Waals surface area contributed by atoms with E-state index in [0.29, 0.717) is 0 Å². The fourth-order valence-corrected chi connectivity index (χ4v) is 3.83. The molecule has 1 unspecified atom stereocenters. The van der Waals surface area contributed by atoms with Crippen molar-refractivity contribution in [1.29, 1.82) is 0 Å². The molecule has 1 fully saturated rings. The first-order valence-corrected chi connectivity index (χ1v) is 8.75. The minimum Gasteiger partial charge on any atom is -0.497 e. The van der Waals surface area contributed by atoms with Gasteiger partial charge in [-0.2, -0.15) is 0 Å². The van der Waals surface area contributed by atoms with E-state index in [1.165, 1.54) is 0 Å². The van der Waals surface area contributed by atoms with Gasteiger partial charge in [-0.3, -0.25) is 4.79 Å². The summed E-state index contributed by atoms with van der Waals surface area (Å²) in [7, 11) is 1.66. The van der Waals surface area contributed by atoms with Crippen LogP contribution in [0.1, 0.15) is 27.4 Å². The molecule has 1 atom stereocenters. The summed E-state index contributed by atoms with van der Waals surface area (Å²) in [5, 5.41) is 6.46. The molecular formula is C18H22N2O2S. The highest BCUT2D eigenvalue weighted by Crippen LogP contribution is 2.32. The van der Waals surface area contributed by atoms with E-state index >= 15 is 0 Å². The van der Waals surface area contributed by atoms with Crippen LogP contribution in [0.15, 0.2) is 30.3 Å². The Labute approximate surface area is 140 Å². The molecule has 3 rings (SSSR count). The van der Waals surface area contributed by atoms with Gasteiger partial charge in [-0.1, -0.05) is 12.1 Å². The molecule has 2 N–H and O–H groups in total. The summed E-state index contributed by atoms with van der Waals surface area (Å²) in [6.07, 6.45) is 2.17. The minimum atomic E-state index is 0.0339. The smallest absolute Gasteiger partial charge is 0.261 e. The highest BCUT2D eigenvalue weighted by molar-refractivity contribution is 7.14. The van der Waals surface area contributed by atoms with Crippen LogP contribution in [0, 0.1) is 6.92 Å². The molecule has 0 spiro atoms. The fourth-order valence-electron chi connectivity index (χ4n) is 2.88. The van der Waals surface area contributed by atoms with Crippen molar-refractivity contribution in [3.63, 3.8) is 0 Å². The average molecular weight is 330 g/mol. The molecule has 0 saturated carbocycles. The largest absolute Gasteiger partial charge is 0.497 e. The molecule has 4 nitrogen and oxygen atoms in total. The van der Waals surface area contributed by atoms with Gasteiger partial charge in [0.15, 0.2) is 0 Å². The lowest BCUT2D eigenvalue weighted by Gasteiger charge is -2.23. The maximum atomic E-state index is 12.5. The Hall–Kier alpha value is -1.85. The van der Waals surface area contributed by atoms with Crippen molar-refractivity contribution < 1.29 is 9.53 Å². The molecule has 122 valence electrons. The topological polar surface area (TPSA) is 50.4 Å². The first-order valence-electron chi connectivity index (χ1n) is 7.94. The van der Waals surface area contributed by atoms with Gasteiger partial charge in [0.05, 0.1) is 12.0 Å². The highest BCUT2D eigenvalue weighted by atomic mass is 32.1. The molecule has 1 aliphatic heterocycles. The summed E-state index contributed by atoms with van der Waals surface area (Å²) in [4.78, 5) is 14.4. The molecule has 1 aliphatic rings. The third kappa shape index (κ3) is 3.74. The number of benzene rings is 1. The van der Waals surface area contributed by atoms with Crippen LogP contribution >= 0.6 is 11.3 Å². The second-order valence-corrected chi connectivity index (χ2v) is 7.08. The number of hydrogen-bond acceptors (Lipinski definition) is 4. The molecule has 0 aliphatic carbocycles. The number of hydrogen-bond donors (Lipinski definition) is 2. The number of nitrogens with one attached hydrogen (secondary N) is 2. The van der Waals surface area contributed by atoms with Gasteiger partial charge in [0, 0.05) is 17.5 Å². The third-order valence-corrected chi connectivity index (χ3v) is 5.22. The lowest BCUT2D eigenvalue weighted by molar-refractivity contribution is 0.0935. The van der Waals surface area contributed by atoms with Crippen molar-refractivity contribution in [1.82, 2.24) is 10.6 Å². The summed E-state index contributed by atoms with van der Waals surface area (Å²) in [5.41, 5.74) is 2.22. The van der Waals surface area contributed by atoms with Crippen LogP contribution in [0.25, 0.3) is 11.1 Å². The van der Waals surface area contributed by atoms with E-state index in [0.717, 1.165) is 52.6 Å². The van der Waals surface area contributed by atoms with E-state index in [2.05, 4.69) is 17.6 Å². The van der Waals surface area contributed by atoms with E-state index in [-0.39, 0.29) is 11.9 Å². The molecular weight excluding hydrogens is 308 g/mol. The van der Waals surface area contributed by atoms with Gasteiger partial charge < -0.3 is 15.4 Å². The summed E-state index contributed by atoms with van der Waals surface area (Å²) in [6.45, 7) is 3.97. The van der Waals surface area contributed by atoms with E-state index < -0.39 is 0 Å². The minimum absolute atomic E-state index is 0.0339. The van der Waals surface area contributed by atoms with Crippen LogP contribution < -0.4 is 15.4 Å². The molecule has 23 heavy (non-hydrogen) atoms. The van der Waals surface area contributed by atoms with Gasteiger partial charge >= 0.3 is 0 Å². The Bertz CT molecular complexity index is 673. The number of ether oxygens (including phenoxy) is 1. The number of amides is 1. The van der Waals surface area contributed by atoms with Crippen LogP contribution in [0.2, 0.25) is 0 Å². The average Bonchev–Trinajstić information content (AvgIpc) is 2.98. The number of carbonyl (C=O) groups excluding carboxylic acids is 1. The first-order chi connectivity index (χ1) is 11.2. The zero-order valence-electron chi connectivity index (χ0n) is 13.5. The molecule has 0 radical (unpaired) electrons. The summed E-state index contributed by atoms with van der Waals surface area (Å²) >= 11 is 1.55. The van der Waals surface area contributed by atoms with Crippen molar-refractivity contribution in [2.24, 2.45) is 0 Å². The molecule has 1 saturated heterocycles. The van der Waals surface area contributed by atoms with Gasteiger partial charge in [-0.05, 0) is 55.6 Å². The molecule has 5 heteroatoms. The lowest BCUT2D eigenvalue weighted by Crippen LogP contribution is -2.45. The number of carbonyl (C=O) groups is 1. The predicted octanol–water partition coefficient (Wildman–Crippen LogP) is 3.21. The van der Waals surface area contributed by atoms with E-state index in [9.17, 15) is 4.79 Å². The molecule has 0 bridgehead atoms. The SMILES string of the molecule is COc1ccc(-c2cc(C(=O)NC3CCCNC3)sc2C)cc1. The fraction of sp³-hybridized carbons (Fsp3) is 0.389. The van der Waals surface area contributed by atoms with Gasteiger partial charge in [0.2, 0.25) is 0 Å². The van der Waals surface area contributed by atoms with Crippen LogP contribution in [0.5, 0.6) is 5.75 Å². The van der Waals surface area contributed by atoms with Gasteiger partial charge in [-0.25, -0.2) is 0 Å². The molecule has 1 aromatic heterocycles. The zero-order chi connectivity index (χ0) is 16.2. The predicted molar refractivity (Wildman–Crippen MR) is 94.4 cm³/mol. The second kappa shape index (κ2) is 7.15. The molecule has 1 amide bonds. The summed E-state index contributed by atoms with van der Waals surface area (Å²) in [6, 6.07) is 10.2. The Morgan fingerprint density at radius 1 is 1.35 bits per heavy atom. The van der Waals surface area contributed by atoms with E-state index in [4.69, 9.17) is 4.74 Å². The van der Waals surface area contributed by atoms with Crippen LogP contribution in [0.4, 0.5) is 0 Å². The molecule has 1 aromatic carbocycles. The van der Waals surface area contributed by atoms with Crippen molar-refractivity contribution >= 4 is 17.2 Å². The van der Waals surface area contributed by atoms with E-state index in [1.54, 1.807) is 18.4 Å². The number of rotatable bonds is 4. The van der Waals surface area contributed by atoms with Gasteiger partial charge in [0.25, 0.3) is 5.91 Å². The Morgan fingerprint density at radius 2 is 2.13 bits per heavy atom. The Kier molecular flexibility index (Phi) is 4.98. The van der Waals surface area contributed by atoms with Crippen LogP contribution in [-0.4, -0.2) is 32.1 Å². The maximum absolute atomic E-state index is 12.5. The Morgan fingerprint density at radius 3 is 2.78 bits per heavy atom. The third-order valence-electron chi connectivity index (χ3n) is 4.17. The summed E-state index contributed by atoms with van der Waals surface area (Å²) < 4.78 is 5.20. The monoisotopic (exact) mass is 330 g/mol.